The molecular formula is C21H22O5. The van der Waals surface area contributed by atoms with Gasteiger partial charge in [-0.05, 0) is 63.6 Å². The van der Waals surface area contributed by atoms with Gasteiger partial charge in [0.25, 0.3) is 0 Å². The van der Waals surface area contributed by atoms with Gasteiger partial charge in [0.1, 0.15) is 11.5 Å². The van der Waals surface area contributed by atoms with Crippen LogP contribution in [0.2, 0.25) is 0 Å². The smallest absolute Gasteiger partial charge is 0.336 e. The van der Waals surface area contributed by atoms with Crippen LogP contribution in [0.15, 0.2) is 36.4 Å². The van der Waals surface area contributed by atoms with Crippen LogP contribution in [0.5, 0.6) is 11.5 Å². The van der Waals surface area contributed by atoms with Gasteiger partial charge in [0, 0.05) is 11.1 Å². The summed E-state index contributed by atoms with van der Waals surface area (Å²) < 4.78 is 5.81. The summed E-state index contributed by atoms with van der Waals surface area (Å²) in [6, 6.07) is 7.98. The molecule has 0 unspecified atom stereocenters. The standard InChI is InChI=1S/C21H22O5/c1-12(2)26-20-14(4)19(21(24)25)13(3)11-15(20)9-10-18(23)16-7-5-6-8-17(16)22/h5-12,22H,1-4H3,(H,24,25). The van der Waals surface area contributed by atoms with Crippen LogP contribution in [-0.2, 0) is 0 Å². The lowest BCUT2D eigenvalue weighted by molar-refractivity contribution is 0.0694. The Morgan fingerprint density at radius 1 is 1.15 bits per heavy atom. The Labute approximate surface area is 152 Å². The second kappa shape index (κ2) is 7.87. The molecule has 136 valence electrons. The van der Waals surface area contributed by atoms with Crippen molar-refractivity contribution >= 4 is 17.8 Å². The molecule has 0 heterocycles. The number of para-hydroxylation sites is 1. The van der Waals surface area contributed by atoms with Crippen molar-refractivity contribution in [2.24, 2.45) is 0 Å². The summed E-state index contributed by atoms with van der Waals surface area (Å²) in [6.45, 7) is 7.09. The Morgan fingerprint density at radius 3 is 2.38 bits per heavy atom. The number of allylic oxidation sites excluding steroid dienone is 1. The maximum absolute atomic E-state index is 12.3. The molecule has 2 rings (SSSR count). The lowest BCUT2D eigenvalue weighted by Crippen LogP contribution is -2.12. The Morgan fingerprint density at radius 2 is 1.81 bits per heavy atom. The van der Waals surface area contributed by atoms with E-state index in [4.69, 9.17) is 4.74 Å². The lowest BCUT2D eigenvalue weighted by atomic mass is 9.97. The van der Waals surface area contributed by atoms with Crippen molar-refractivity contribution in [1.29, 1.82) is 0 Å². The van der Waals surface area contributed by atoms with E-state index in [2.05, 4.69) is 0 Å². The van der Waals surface area contributed by atoms with Crippen LogP contribution in [0.4, 0.5) is 0 Å². The molecule has 2 aromatic rings. The highest BCUT2D eigenvalue weighted by atomic mass is 16.5. The van der Waals surface area contributed by atoms with Gasteiger partial charge in [0.2, 0.25) is 0 Å². The zero-order valence-electron chi connectivity index (χ0n) is 15.2. The SMILES string of the molecule is Cc1cc(C=CC(=O)c2ccccc2O)c(OC(C)C)c(C)c1C(=O)O. The first-order valence-corrected chi connectivity index (χ1v) is 8.27. The number of carboxylic acids is 1. The minimum atomic E-state index is -1.02. The van der Waals surface area contributed by atoms with Crippen molar-refractivity contribution in [2.75, 3.05) is 0 Å². The van der Waals surface area contributed by atoms with Crippen LogP contribution in [0.25, 0.3) is 6.08 Å². The van der Waals surface area contributed by atoms with E-state index < -0.39 is 5.97 Å². The third kappa shape index (κ3) is 4.11. The molecule has 26 heavy (non-hydrogen) atoms. The third-order valence-electron chi connectivity index (χ3n) is 3.90. The molecule has 5 heteroatoms. The number of rotatable bonds is 6. The number of aromatic carboxylic acids is 1. The summed E-state index contributed by atoms with van der Waals surface area (Å²) in [4.78, 5) is 23.9. The van der Waals surface area contributed by atoms with Crippen LogP contribution in [0.1, 0.15) is 51.3 Å². The summed E-state index contributed by atoms with van der Waals surface area (Å²) in [7, 11) is 0. The first-order chi connectivity index (χ1) is 12.2. The molecule has 2 aromatic carbocycles. The van der Waals surface area contributed by atoms with Crippen molar-refractivity contribution in [2.45, 2.75) is 33.8 Å². The van der Waals surface area contributed by atoms with Crippen molar-refractivity contribution < 1.29 is 24.5 Å². The van der Waals surface area contributed by atoms with Crippen molar-refractivity contribution in [3.05, 3.63) is 64.2 Å². The van der Waals surface area contributed by atoms with Gasteiger partial charge >= 0.3 is 5.97 Å². The van der Waals surface area contributed by atoms with E-state index in [1.165, 1.54) is 18.2 Å². The summed E-state index contributed by atoms with van der Waals surface area (Å²) in [5.41, 5.74) is 2.11. The molecule has 0 aliphatic carbocycles. The van der Waals surface area contributed by atoms with Gasteiger partial charge in [0.15, 0.2) is 5.78 Å². The predicted octanol–water partition coefficient (Wildman–Crippen LogP) is 4.39. The van der Waals surface area contributed by atoms with Gasteiger partial charge in [-0.3, -0.25) is 4.79 Å². The number of carboxylic acid groups (broad SMARTS) is 1. The number of ketones is 1. The first-order valence-electron chi connectivity index (χ1n) is 8.27. The maximum Gasteiger partial charge on any atom is 0.336 e. The highest BCUT2D eigenvalue weighted by molar-refractivity contribution is 6.08. The van der Waals surface area contributed by atoms with Gasteiger partial charge in [0.05, 0.1) is 17.2 Å². The highest BCUT2D eigenvalue weighted by Crippen LogP contribution is 2.32. The zero-order valence-corrected chi connectivity index (χ0v) is 15.2. The monoisotopic (exact) mass is 354 g/mol. The lowest BCUT2D eigenvalue weighted by Gasteiger charge is -2.18. The number of hydrogen-bond donors (Lipinski definition) is 2. The second-order valence-electron chi connectivity index (χ2n) is 6.30. The zero-order chi connectivity index (χ0) is 19.4. The van der Waals surface area contributed by atoms with E-state index in [9.17, 15) is 19.8 Å². The molecule has 0 spiro atoms. The average Bonchev–Trinajstić information content (AvgIpc) is 2.55. The van der Waals surface area contributed by atoms with E-state index in [0.29, 0.717) is 22.4 Å². The number of benzene rings is 2. The van der Waals surface area contributed by atoms with Crippen LogP contribution < -0.4 is 4.74 Å². The van der Waals surface area contributed by atoms with Crippen LogP contribution in [-0.4, -0.2) is 28.1 Å². The molecule has 0 aliphatic heterocycles. The number of aryl methyl sites for hydroxylation is 1. The van der Waals surface area contributed by atoms with E-state index in [-0.39, 0.29) is 28.8 Å². The normalized spacial score (nSPS) is 11.1. The van der Waals surface area contributed by atoms with Crippen molar-refractivity contribution in [3.8, 4) is 11.5 Å². The number of phenols is 1. The topological polar surface area (TPSA) is 83.8 Å². The van der Waals surface area contributed by atoms with Crippen LogP contribution >= 0.6 is 0 Å². The summed E-state index contributed by atoms with van der Waals surface area (Å²) in [5.74, 6) is -1.02. The van der Waals surface area contributed by atoms with Gasteiger partial charge in [-0.1, -0.05) is 12.1 Å². The van der Waals surface area contributed by atoms with Gasteiger partial charge < -0.3 is 14.9 Å². The predicted molar refractivity (Wildman–Crippen MR) is 100 cm³/mol. The second-order valence-corrected chi connectivity index (χ2v) is 6.30. The molecule has 0 radical (unpaired) electrons. The highest BCUT2D eigenvalue weighted by Gasteiger charge is 2.19. The Hall–Kier alpha value is -3.08. The summed E-state index contributed by atoms with van der Waals surface area (Å²) in [6.07, 6.45) is 2.77. The Balaban J connectivity index is 2.49. The Bertz CT molecular complexity index is 878. The summed E-state index contributed by atoms with van der Waals surface area (Å²) in [5, 5.41) is 19.2. The van der Waals surface area contributed by atoms with Gasteiger partial charge in [-0.25, -0.2) is 4.79 Å². The minimum Gasteiger partial charge on any atom is -0.507 e. The van der Waals surface area contributed by atoms with E-state index in [0.717, 1.165) is 0 Å². The largest absolute Gasteiger partial charge is 0.507 e. The van der Waals surface area contributed by atoms with Gasteiger partial charge in [-0.2, -0.15) is 0 Å². The Kier molecular flexibility index (Phi) is 5.82. The fourth-order valence-electron chi connectivity index (χ4n) is 2.78. The number of aromatic hydroxyl groups is 1. The number of phenolic OH excluding ortho intramolecular Hbond substituents is 1. The molecule has 0 atom stereocenters. The number of carbonyl (C=O) groups excluding carboxylic acids is 1. The molecule has 0 saturated carbocycles. The van der Waals surface area contributed by atoms with Crippen LogP contribution in [0.3, 0.4) is 0 Å². The molecule has 0 aliphatic rings. The van der Waals surface area contributed by atoms with Crippen molar-refractivity contribution in [3.63, 3.8) is 0 Å². The molecule has 5 nitrogen and oxygen atoms in total. The minimum absolute atomic E-state index is 0.0885. The first kappa shape index (κ1) is 19.2. The molecule has 0 saturated heterocycles. The van der Waals surface area contributed by atoms with Crippen molar-refractivity contribution in [1.82, 2.24) is 0 Å². The van der Waals surface area contributed by atoms with E-state index in [1.54, 1.807) is 38.1 Å². The summed E-state index contributed by atoms with van der Waals surface area (Å²) >= 11 is 0. The molecule has 0 bridgehead atoms. The molecule has 0 fully saturated rings. The number of ether oxygens (including phenoxy) is 1. The molecule has 0 aromatic heterocycles. The number of carbonyl (C=O) groups is 2. The fourth-order valence-corrected chi connectivity index (χ4v) is 2.78. The quantitative estimate of drug-likeness (QED) is 0.594. The fraction of sp³-hybridized carbons (Fsp3) is 0.238. The average molecular weight is 354 g/mol. The third-order valence-corrected chi connectivity index (χ3v) is 3.90. The van der Waals surface area contributed by atoms with E-state index >= 15 is 0 Å². The van der Waals surface area contributed by atoms with Crippen LogP contribution in [0, 0.1) is 13.8 Å². The molecular weight excluding hydrogens is 332 g/mol. The van der Waals surface area contributed by atoms with Gasteiger partial charge in [-0.15, -0.1) is 0 Å². The number of hydrogen-bond acceptors (Lipinski definition) is 4. The molecule has 0 amide bonds. The molecule has 2 N–H and O–H groups in total. The van der Waals surface area contributed by atoms with E-state index in [1.807, 2.05) is 13.8 Å². The maximum atomic E-state index is 12.3.